The molecule has 26 heavy (non-hydrogen) atoms. The molecule has 1 heterocycles. The third-order valence-corrected chi connectivity index (χ3v) is 5.70. The van der Waals surface area contributed by atoms with Gasteiger partial charge < -0.3 is 4.90 Å². The van der Waals surface area contributed by atoms with Crippen molar-refractivity contribution in [2.45, 2.75) is 42.9 Å². The quantitative estimate of drug-likeness (QED) is 0.445. The number of thioether (sulfide) groups is 1. The van der Waals surface area contributed by atoms with Crippen LogP contribution in [-0.4, -0.2) is 54.8 Å². The van der Waals surface area contributed by atoms with Crippen LogP contribution in [0, 0.1) is 10.1 Å². The number of nitro benzene ring substituents is 1. The number of sulfonamides is 1. The van der Waals surface area contributed by atoms with Crippen LogP contribution in [0.25, 0.3) is 0 Å². The van der Waals surface area contributed by atoms with Crippen LogP contribution in [0.15, 0.2) is 23.1 Å². The number of benzene rings is 1. The molecule has 1 amide bonds. The first-order valence-corrected chi connectivity index (χ1v) is 11.1. The van der Waals surface area contributed by atoms with Gasteiger partial charge in [-0.15, -0.1) is 11.8 Å². The number of non-ortho nitro benzene ring substituents is 1. The fourth-order valence-electron chi connectivity index (χ4n) is 2.89. The van der Waals surface area contributed by atoms with Crippen LogP contribution in [0.2, 0.25) is 0 Å². The molecule has 0 spiro atoms. The van der Waals surface area contributed by atoms with Gasteiger partial charge in [-0.25, -0.2) is 13.1 Å². The zero-order chi connectivity index (χ0) is 19.5. The number of nitro groups is 1. The number of carbonyl (C=O) groups excluding carboxylic acids is 1. The number of hydrogen-bond donors (Lipinski definition) is 1. The Kier molecular flexibility index (Phi) is 6.64. The van der Waals surface area contributed by atoms with Crippen LogP contribution in [0.3, 0.4) is 0 Å². The Morgan fingerprint density at radius 2 is 2.12 bits per heavy atom. The molecular weight excluding hydrogens is 378 g/mol. The second-order valence-corrected chi connectivity index (χ2v) is 9.98. The van der Waals surface area contributed by atoms with Crippen molar-refractivity contribution >= 4 is 33.4 Å². The highest BCUT2D eigenvalue weighted by Crippen LogP contribution is 2.31. The van der Waals surface area contributed by atoms with E-state index in [4.69, 9.17) is 0 Å². The van der Waals surface area contributed by atoms with Crippen LogP contribution in [0.5, 0.6) is 0 Å². The second kappa shape index (κ2) is 8.36. The minimum atomic E-state index is -3.36. The summed E-state index contributed by atoms with van der Waals surface area (Å²) in [7, 11) is -3.36. The molecule has 0 saturated carbocycles. The molecule has 0 aromatic heterocycles. The molecule has 10 heteroatoms. The molecule has 0 aliphatic carbocycles. The monoisotopic (exact) mass is 401 g/mol. The molecule has 1 aliphatic heterocycles. The molecule has 1 aliphatic rings. The van der Waals surface area contributed by atoms with Crippen molar-refractivity contribution in [1.29, 1.82) is 0 Å². The van der Waals surface area contributed by atoms with Crippen LogP contribution in [0.4, 0.5) is 5.69 Å². The molecule has 1 N–H and O–H groups in total. The maximum absolute atomic E-state index is 13.0. The molecule has 1 atom stereocenters. The van der Waals surface area contributed by atoms with E-state index in [1.54, 1.807) is 11.0 Å². The van der Waals surface area contributed by atoms with Gasteiger partial charge in [0.25, 0.3) is 11.6 Å². The molecule has 8 nitrogen and oxygen atoms in total. The van der Waals surface area contributed by atoms with Crippen LogP contribution in [-0.2, 0) is 10.0 Å². The Bertz CT molecular complexity index is 795. The summed E-state index contributed by atoms with van der Waals surface area (Å²) < 4.78 is 25.4. The SMILES string of the molecule is CC(C)Sc1ccc([N+](=O)[O-])cc1C(=O)N1CCC[C@@H](NS(C)(=O)=O)C1. The Morgan fingerprint density at radius 3 is 2.69 bits per heavy atom. The van der Waals surface area contributed by atoms with Crippen molar-refractivity contribution in [1.82, 2.24) is 9.62 Å². The fourth-order valence-corrected chi connectivity index (χ4v) is 4.61. The fraction of sp³-hybridized carbons (Fsp3) is 0.562. The van der Waals surface area contributed by atoms with Crippen molar-refractivity contribution in [2.75, 3.05) is 19.3 Å². The van der Waals surface area contributed by atoms with Gasteiger partial charge in [0.2, 0.25) is 10.0 Å². The lowest BCUT2D eigenvalue weighted by Crippen LogP contribution is -2.49. The van der Waals surface area contributed by atoms with E-state index in [1.807, 2.05) is 13.8 Å². The highest BCUT2D eigenvalue weighted by molar-refractivity contribution is 8.00. The average molecular weight is 402 g/mol. The summed E-state index contributed by atoms with van der Waals surface area (Å²) in [5.74, 6) is -0.308. The summed E-state index contributed by atoms with van der Waals surface area (Å²) in [6.45, 7) is 4.70. The topological polar surface area (TPSA) is 110 Å². The third-order valence-electron chi connectivity index (χ3n) is 3.86. The lowest BCUT2D eigenvalue weighted by atomic mass is 10.0. The van der Waals surface area contributed by atoms with E-state index in [0.29, 0.717) is 24.3 Å². The van der Waals surface area contributed by atoms with Crippen molar-refractivity contribution in [3.63, 3.8) is 0 Å². The number of carbonyl (C=O) groups is 1. The van der Waals surface area contributed by atoms with E-state index >= 15 is 0 Å². The van der Waals surface area contributed by atoms with Gasteiger partial charge in [0.15, 0.2) is 0 Å². The van der Waals surface area contributed by atoms with Gasteiger partial charge in [-0.2, -0.15) is 0 Å². The smallest absolute Gasteiger partial charge is 0.270 e. The molecule has 0 unspecified atom stereocenters. The molecule has 1 aromatic rings. The Hall–Kier alpha value is -1.65. The summed E-state index contributed by atoms with van der Waals surface area (Å²) in [4.78, 5) is 25.8. The molecule has 144 valence electrons. The van der Waals surface area contributed by atoms with E-state index in [1.165, 1.54) is 23.9 Å². The average Bonchev–Trinajstić information content (AvgIpc) is 2.52. The summed E-state index contributed by atoms with van der Waals surface area (Å²) in [6.07, 6.45) is 2.41. The van der Waals surface area contributed by atoms with Gasteiger partial charge in [0.1, 0.15) is 0 Å². The van der Waals surface area contributed by atoms with E-state index in [9.17, 15) is 23.3 Å². The molecule has 0 radical (unpaired) electrons. The zero-order valence-electron chi connectivity index (χ0n) is 15.0. The predicted octanol–water partition coefficient (Wildman–Crippen LogP) is 2.25. The number of nitrogens with zero attached hydrogens (tertiary/aromatic N) is 2. The number of hydrogen-bond acceptors (Lipinski definition) is 6. The molecule has 0 bridgehead atoms. The highest BCUT2D eigenvalue weighted by atomic mass is 32.2. The first-order valence-electron chi connectivity index (χ1n) is 8.28. The Labute approximate surface area is 157 Å². The van der Waals surface area contributed by atoms with Crippen molar-refractivity contribution in [2.24, 2.45) is 0 Å². The van der Waals surface area contributed by atoms with E-state index in [-0.39, 0.29) is 35.0 Å². The van der Waals surface area contributed by atoms with Crippen LogP contribution < -0.4 is 4.72 Å². The number of rotatable bonds is 6. The van der Waals surface area contributed by atoms with Crippen molar-refractivity contribution < 1.29 is 18.1 Å². The summed E-state index contributed by atoms with van der Waals surface area (Å²) in [5.41, 5.74) is 0.155. The number of nitrogens with one attached hydrogen (secondary N) is 1. The third kappa shape index (κ3) is 5.68. The van der Waals surface area contributed by atoms with Crippen molar-refractivity contribution in [3.8, 4) is 0 Å². The molecule has 1 aromatic carbocycles. The molecule has 1 saturated heterocycles. The summed E-state index contributed by atoms with van der Waals surface area (Å²) in [6, 6.07) is 3.96. The maximum Gasteiger partial charge on any atom is 0.270 e. The van der Waals surface area contributed by atoms with Gasteiger partial charge >= 0.3 is 0 Å². The van der Waals surface area contributed by atoms with E-state index < -0.39 is 14.9 Å². The first kappa shape index (κ1) is 20.7. The highest BCUT2D eigenvalue weighted by Gasteiger charge is 2.28. The molecular formula is C16H23N3O5S2. The van der Waals surface area contributed by atoms with Gasteiger partial charge in [-0.05, 0) is 18.9 Å². The van der Waals surface area contributed by atoms with Crippen LogP contribution in [0.1, 0.15) is 37.0 Å². The molecule has 1 fully saturated rings. The standard InChI is InChI=1S/C16H23N3O5S2/c1-11(2)25-15-7-6-13(19(21)22)9-14(15)16(20)18-8-4-5-12(10-18)17-26(3,23)24/h6-7,9,11-12,17H,4-5,8,10H2,1-3H3/t12-/m1/s1. The maximum atomic E-state index is 13.0. The zero-order valence-corrected chi connectivity index (χ0v) is 16.6. The van der Waals surface area contributed by atoms with E-state index in [2.05, 4.69) is 4.72 Å². The van der Waals surface area contributed by atoms with E-state index in [0.717, 1.165) is 6.26 Å². The van der Waals surface area contributed by atoms with Gasteiger partial charge in [0, 0.05) is 41.4 Å². The minimum absolute atomic E-state index is 0.135. The Balaban J connectivity index is 2.28. The van der Waals surface area contributed by atoms with Gasteiger partial charge in [-0.1, -0.05) is 13.8 Å². The number of piperidine rings is 1. The lowest BCUT2D eigenvalue weighted by molar-refractivity contribution is -0.384. The number of amides is 1. The van der Waals surface area contributed by atoms with Crippen LogP contribution >= 0.6 is 11.8 Å². The van der Waals surface area contributed by atoms with Gasteiger partial charge in [0.05, 0.1) is 16.7 Å². The largest absolute Gasteiger partial charge is 0.337 e. The lowest BCUT2D eigenvalue weighted by Gasteiger charge is -2.33. The predicted molar refractivity (Wildman–Crippen MR) is 101 cm³/mol. The second-order valence-electron chi connectivity index (χ2n) is 6.58. The van der Waals surface area contributed by atoms with Gasteiger partial charge in [-0.3, -0.25) is 14.9 Å². The Morgan fingerprint density at radius 1 is 1.42 bits per heavy atom. The summed E-state index contributed by atoms with van der Waals surface area (Å²) in [5, 5.41) is 11.3. The first-order chi connectivity index (χ1) is 12.1. The normalized spacial score (nSPS) is 18.2. The minimum Gasteiger partial charge on any atom is -0.337 e. The molecule has 2 rings (SSSR count). The van der Waals surface area contributed by atoms with Crippen molar-refractivity contribution in [3.05, 3.63) is 33.9 Å². The summed E-state index contributed by atoms with van der Waals surface area (Å²) >= 11 is 1.47. The number of likely N-dealkylation sites (tertiary alicyclic amines) is 1.